The minimum atomic E-state index is -3.01. The Morgan fingerprint density at radius 1 is 1.41 bits per heavy atom. The number of nitriles is 1. The molecule has 1 aromatic heterocycles. The average Bonchev–Trinajstić information content (AvgIpc) is 2.50. The average molecular weight is 251 g/mol. The third-order valence-corrected chi connectivity index (χ3v) is 5.18. The molecule has 2 heterocycles. The molecule has 6 heteroatoms. The summed E-state index contributed by atoms with van der Waals surface area (Å²) in [5.74, 6) is 0.141. The predicted octanol–water partition coefficient (Wildman–Crippen LogP) is 0.951. The van der Waals surface area contributed by atoms with Gasteiger partial charge in [0.05, 0.1) is 23.2 Å². The van der Waals surface area contributed by atoms with Crippen LogP contribution in [-0.2, 0) is 22.0 Å². The molecule has 0 spiro atoms. The number of hydrogen-bond donors (Lipinski definition) is 0. The minimum Gasteiger partial charge on any atom is -0.251 e. The Bertz CT molecular complexity index is 605. The van der Waals surface area contributed by atoms with Crippen molar-refractivity contribution in [3.05, 3.63) is 17.0 Å². The van der Waals surface area contributed by atoms with Crippen molar-refractivity contribution in [2.45, 2.75) is 37.5 Å². The fourth-order valence-corrected chi connectivity index (χ4v) is 3.75. The summed E-state index contributed by atoms with van der Waals surface area (Å²) >= 11 is 0. The molecular weight excluding hydrogens is 238 g/mol. The van der Waals surface area contributed by atoms with Crippen LogP contribution in [0.25, 0.3) is 0 Å². The first kappa shape index (κ1) is 10.8. The second kappa shape index (κ2) is 3.57. The van der Waals surface area contributed by atoms with E-state index in [0.29, 0.717) is 23.9 Å². The SMILES string of the molecule is N#Cc1c2c(nn1C1CCC1)CS(=O)(=O)CC2. The summed E-state index contributed by atoms with van der Waals surface area (Å²) in [6.07, 6.45) is 3.69. The van der Waals surface area contributed by atoms with Gasteiger partial charge in [0.15, 0.2) is 9.84 Å². The van der Waals surface area contributed by atoms with Crippen LogP contribution in [0.1, 0.15) is 42.3 Å². The van der Waals surface area contributed by atoms with Crippen molar-refractivity contribution in [3.8, 4) is 6.07 Å². The minimum absolute atomic E-state index is 0.00324. The van der Waals surface area contributed by atoms with Crippen LogP contribution in [-0.4, -0.2) is 24.0 Å². The summed E-state index contributed by atoms with van der Waals surface area (Å²) in [7, 11) is -3.01. The Labute approximate surface area is 100.0 Å². The molecule has 1 saturated carbocycles. The third-order valence-electron chi connectivity index (χ3n) is 3.64. The van der Waals surface area contributed by atoms with Crippen molar-refractivity contribution in [2.24, 2.45) is 0 Å². The molecule has 3 rings (SSSR count). The van der Waals surface area contributed by atoms with Crippen LogP contribution in [0.15, 0.2) is 0 Å². The molecule has 0 radical (unpaired) electrons. The molecule has 0 bridgehead atoms. The molecular formula is C11H13N3O2S. The molecule has 0 saturated heterocycles. The van der Waals surface area contributed by atoms with Crippen LogP contribution < -0.4 is 0 Å². The van der Waals surface area contributed by atoms with Gasteiger partial charge in [-0.3, -0.25) is 4.68 Å². The zero-order valence-electron chi connectivity index (χ0n) is 9.39. The first-order chi connectivity index (χ1) is 8.11. The van der Waals surface area contributed by atoms with Gasteiger partial charge >= 0.3 is 0 Å². The second-order valence-electron chi connectivity index (χ2n) is 4.76. The van der Waals surface area contributed by atoms with E-state index in [0.717, 1.165) is 18.4 Å². The van der Waals surface area contributed by atoms with Gasteiger partial charge in [-0.2, -0.15) is 10.4 Å². The van der Waals surface area contributed by atoms with E-state index in [-0.39, 0.29) is 11.5 Å². The zero-order valence-corrected chi connectivity index (χ0v) is 10.2. The second-order valence-corrected chi connectivity index (χ2v) is 6.94. The van der Waals surface area contributed by atoms with E-state index in [4.69, 9.17) is 0 Å². The number of nitrogens with zero attached hydrogens (tertiary/aromatic N) is 3. The fourth-order valence-electron chi connectivity index (χ4n) is 2.45. The molecule has 17 heavy (non-hydrogen) atoms. The van der Waals surface area contributed by atoms with Crippen LogP contribution in [0, 0.1) is 11.3 Å². The van der Waals surface area contributed by atoms with Gasteiger partial charge in [-0.15, -0.1) is 0 Å². The maximum Gasteiger partial charge on any atom is 0.156 e. The van der Waals surface area contributed by atoms with Crippen LogP contribution in [0.2, 0.25) is 0 Å². The summed E-state index contributed by atoms with van der Waals surface area (Å²) in [4.78, 5) is 0. The smallest absolute Gasteiger partial charge is 0.156 e. The first-order valence-corrected chi connectivity index (χ1v) is 7.63. The maximum absolute atomic E-state index is 11.5. The van der Waals surface area contributed by atoms with Gasteiger partial charge < -0.3 is 0 Å². The predicted molar refractivity (Wildman–Crippen MR) is 61.0 cm³/mol. The van der Waals surface area contributed by atoms with Crippen molar-refractivity contribution in [3.63, 3.8) is 0 Å². The largest absolute Gasteiger partial charge is 0.251 e. The summed E-state index contributed by atoms with van der Waals surface area (Å²) in [5, 5.41) is 13.6. The van der Waals surface area contributed by atoms with Crippen LogP contribution >= 0.6 is 0 Å². The molecule has 0 atom stereocenters. The summed E-state index contributed by atoms with van der Waals surface area (Å²) in [6, 6.07) is 2.49. The Morgan fingerprint density at radius 2 is 2.18 bits per heavy atom. The normalized spacial score (nSPS) is 22.5. The van der Waals surface area contributed by atoms with E-state index in [1.54, 1.807) is 4.68 Å². The molecule has 2 aliphatic rings. The van der Waals surface area contributed by atoms with E-state index in [9.17, 15) is 13.7 Å². The standard InChI is InChI=1S/C11H13N3O2S/c12-6-11-9-4-5-17(15,16)7-10(9)13-14(11)8-2-1-3-8/h8H,1-5,7H2. The molecule has 0 unspecified atom stereocenters. The number of hydrogen-bond acceptors (Lipinski definition) is 4. The van der Waals surface area contributed by atoms with Gasteiger partial charge in [0.25, 0.3) is 0 Å². The Balaban J connectivity index is 2.09. The van der Waals surface area contributed by atoms with Crippen molar-refractivity contribution in [2.75, 3.05) is 5.75 Å². The molecule has 0 N–H and O–H groups in total. The highest BCUT2D eigenvalue weighted by Gasteiger charge is 2.31. The topological polar surface area (TPSA) is 75.8 Å². The van der Waals surface area contributed by atoms with Crippen molar-refractivity contribution in [1.29, 1.82) is 5.26 Å². The Hall–Kier alpha value is -1.35. The summed E-state index contributed by atoms with van der Waals surface area (Å²) < 4.78 is 24.8. The van der Waals surface area contributed by atoms with Gasteiger partial charge in [-0.1, -0.05) is 0 Å². The highest BCUT2D eigenvalue weighted by Crippen LogP contribution is 2.34. The highest BCUT2D eigenvalue weighted by atomic mass is 32.2. The lowest BCUT2D eigenvalue weighted by Gasteiger charge is -2.26. The molecule has 1 aliphatic heterocycles. The lowest BCUT2D eigenvalue weighted by Crippen LogP contribution is -2.19. The first-order valence-electron chi connectivity index (χ1n) is 5.81. The maximum atomic E-state index is 11.5. The van der Waals surface area contributed by atoms with Gasteiger partial charge in [-0.25, -0.2) is 8.42 Å². The van der Waals surface area contributed by atoms with E-state index in [1.807, 2.05) is 0 Å². The number of sulfone groups is 1. The molecule has 90 valence electrons. The van der Waals surface area contributed by atoms with Gasteiger partial charge in [-0.05, 0) is 25.7 Å². The van der Waals surface area contributed by atoms with E-state index < -0.39 is 9.84 Å². The fraction of sp³-hybridized carbons (Fsp3) is 0.636. The Kier molecular flexibility index (Phi) is 2.26. The number of aromatic nitrogens is 2. The van der Waals surface area contributed by atoms with E-state index in [1.165, 1.54) is 6.42 Å². The van der Waals surface area contributed by atoms with Crippen molar-refractivity contribution < 1.29 is 8.42 Å². The molecule has 1 fully saturated rings. The highest BCUT2D eigenvalue weighted by molar-refractivity contribution is 7.90. The van der Waals surface area contributed by atoms with Gasteiger partial charge in [0, 0.05) is 5.56 Å². The lowest BCUT2D eigenvalue weighted by molar-refractivity contribution is 0.286. The van der Waals surface area contributed by atoms with Gasteiger partial charge in [0.1, 0.15) is 11.8 Å². The molecule has 1 aliphatic carbocycles. The summed E-state index contributed by atoms with van der Waals surface area (Å²) in [5.41, 5.74) is 2.04. The number of rotatable bonds is 1. The zero-order chi connectivity index (χ0) is 12.0. The van der Waals surface area contributed by atoms with Crippen molar-refractivity contribution in [1.82, 2.24) is 9.78 Å². The van der Waals surface area contributed by atoms with E-state index >= 15 is 0 Å². The molecule has 0 aromatic carbocycles. The monoisotopic (exact) mass is 251 g/mol. The van der Waals surface area contributed by atoms with Crippen molar-refractivity contribution >= 4 is 9.84 Å². The quantitative estimate of drug-likeness (QED) is 0.744. The number of fused-ring (bicyclic) bond motifs is 1. The van der Waals surface area contributed by atoms with Crippen LogP contribution in [0.5, 0.6) is 0 Å². The summed E-state index contributed by atoms with van der Waals surface area (Å²) in [6.45, 7) is 0. The van der Waals surface area contributed by atoms with Crippen LogP contribution in [0.3, 0.4) is 0 Å². The molecule has 0 amide bonds. The molecule has 5 nitrogen and oxygen atoms in total. The third kappa shape index (κ3) is 1.65. The lowest BCUT2D eigenvalue weighted by atomic mass is 9.93. The molecule has 1 aromatic rings. The Morgan fingerprint density at radius 3 is 2.76 bits per heavy atom. The van der Waals surface area contributed by atoms with Crippen LogP contribution in [0.4, 0.5) is 0 Å². The van der Waals surface area contributed by atoms with Gasteiger partial charge in [0.2, 0.25) is 0 Å². The van der Waals surface area contributed by atoms with E-state index in [2.05, 4.69) is 11.2 Å².